The summed E-state index contributed by atoms with van der Waals surface area (Å²) in [5.41, 5.74) is 1.82. The van der Waals surface area contributed by atoms with E-state index in [9.17, 15) is 0 Å². The zero-order chi connectivity index (χ0) is 12.8. The summed E-state index contributed by atoms with van der Waals surface area (Å²) in [6, 6.07) is 19.5. The molecule has 0 amide bonds. The Balaban J connectivity index is 2.23. The van der Waals surface area contributed by atoms with Crippen LogP contribution in [0.15, 0.2) is 65.7 Å². The van der Waals surface area contributed by atoms with Crippen LogP contribution in [0.4, 0.5) is 11.4 Å². The Hall–Kier alpha value is -1.65. The molecular weight excluding hydrogens is 260 g/mol. The summed E-state index contributed by atoms with van der Waals surface area (Å²) in [7, 11) is 0. The predicted octanol–water partition coefficient (Wildman–Crippen LogP) is 4.07. The van der Waals surface area contributed by atoms with E-state index >= 15 is 0 Å². The molecule has 2 aromatic carbocycles. The number of hydrogen-bond acceptors (Lipinski definition) is 2. The van der Waals surface area contributed by atoms with E-state index < -0.39 is 0 Å². The van der Waals surface area contributed by atoms with Crippen LogP contribution < -0.4 is 4.90 Å². The molecule has 0 aromatic heterocycles. The van der Waals surface area contributed by atoms with Crippen molar-refractivity contribution in [2.45, 2.75) is 0 Å². The molecule has 90 valence electrons. The highest BCUT2D eigenvalue weighted by molar-refractivity contribution is 8.11. The molecular formula is C14H12N2S2. The largest absolute Gasteiger partial charge is 0.286 e. The van der Waals surface area contributed by atoms with Crippen molar-refractivity contribution in [3.8, 4) is 0 Å². The molecule has 0 radical (unpaired) electrons. The number of nitrogens with zero attached hydrogens (tertiary/aromatic N) is 2. The van der Waals surface area contributed by atoms with E-state index in [0.29, 0.717) is 4.32 Å². The van der Waals surface area contributed by atoms with Gasteiger partial charge in [0.2, 0.25) is 0 Å². The fraction of sp³-hybridized carbons (Fsp3) is 0. The lowest BCUT2D eigenvalue weighted by Gasteiger charge is -2.16. The minimum absolute atomic E-state index is 0.459. The Kier molecular flexibility index (Phi) is 4.50. The molecule has 0 saturated heterocycles. The van der Waals surface area contributed by atoms with Gasteiger partial charge in [0.15, 0.2) is 0 Å². The number of anilines is 1. The first kappa shape index (κ1) is 12.8. The van der Waals surface area contributed by atoms with E-state index in [4.69, 9.17) is 12.2 Å². The van der Waals surface area contributed by atoms with Gasteiger partial charge in [-0.1, -0.05) is 48.6 Å². The summed E-state index contributed by atoms with van der Waals surface area (Å²) < 4.78 is 0.459. The molecule has 2 rings (SSSR count). The molecule has 0 spiro atoms. The Morgan fingerprint density at radius 1 is 1.00 bits per heavy atom. The standard InChI is InChI=1S/C14H12N2S2/c17-14(18)16(13-9-5-2-6-10-13)11-15-12-7-3-1-4-8-12/h1-11H,(H,17,18). The van der Waals surface area contributed by atoms with Crippen LogP contribution in [0.3, 0.4) is 0 Å². The van der Waals surface area contributed by atoms with Gasteiger partial charge in [-0.2, -0.15) is 0 Å². The first-order valence-electron chi connectivity index (χ1n) is 5.44. The molecule has 0 fully saturated rings. The second-order valence-corrected chi connectivity index (χ2v) is 4.68. The third-order valence-corrected chi connectivity index (χ3v) is 2.73. The molecule has 4 heteroatoms. The third-order valence-electron chi connectivity index (χ3n) is 2.32. The maximum atomic E-state index is 5.11. The summed E-state index contributed by atoms with van der Waals surface area (Å²) in [4.78, 5) is 6.12. The van der Waals surface area contributed by atoms with Gasteiger partial charge in [-0.15, -0.1) is 12.6 Å². The van der Waals surface area contributed by atoms with Crippen LogP contribution in [-0.2, 0) is 0 Å². The van der Waals surface area contributed by atoms with Crippen LogP contribution in [0.25, 0.3) is 0 Å². The highest BCUT2D eigenvalue weighted by atomic mass is 32.1. The lowest BCUT2D eigenvalue weighted by Crippen LogP contribution is -2.23. The second-order valence-electron chi connectivity index (χ2n) is 3.57. The molecule has 0 bridgehead atoms. The normalized spacial score (nSPS) is 10.5. The molecule has 2 nitrogen and oxygen atoms in total. The molecule has 0 saturated carbocycles. The van der Waals surface area contributed by atoms with Crippen LogP contribution in [0.1, 0.15) is 0 Å². The van der Waals surface area contributed by atoms with Crippen molar-refractivity contribution in [1.29, 1.82) is 0 Å². The smallest absolute Gasteiger partial charge is 0.143 e. The van der Waals surface area contributed by atoms with Gasteiger partial charge in [0, 0.05) is 5.69 Å². The van der Waals surface area contributed by atoms with Crippen LogP contribution in [0.2, 0.25) is 0 Å². The zero-order valence-electron chi connectivity index (χ0n) is 9.60. The van der Waals surface area contributed by atoms with Crippen molar-refractivity contribution >= 4 is 46.9 Å². The van der Waals surface area contributed by atoms with Crippen molar-refractivity contribution in [3.63, 3.8) is 0 Å². The van der Waals surface area contributed by atoms with Gasteiger partial charge in [-0.3, -0.25) is 4.90 Å². The quantitative estimate of drug-likeness (QED) is 0.392. The fourth-order valence-electron chi connectivity index (χ4n) is 1.45. The lowest BCUT2D eigenvalue weighted by molar-refractivity contribution is 1.45. The van der Waals surface area contributed by atoms with Crippen molar-refractivity contribution in [2.75, 3.05) is 4.90 Å². The maximum Gasteiger partial charge on any atom is 0.143 e. The van der Waals surface area contributed by atoms with Crippen molar-refractivity contribution < 1.29 is 0 Å². The van der Waals surface area contributed by atoms with E-state index in [2.05, 4.69) is 17.6 Å². The number of hydrogen-bond donors (Lipinski definition) is 1. The highest BCUT2D eigenvalue weighted by Crippen LogP contribution is 2.15. The number of para-hydroxylation sites is 2. The number of thiol groups is 1. The number of benzene rings is 2. The first-order valence-corrected chi connectivity index (χ1v) is 6.29. The van der Waals surface area contributed by atoms with E-state index in [1.165, 1.54) is 0 Å². The van der Waals surface area contributed by atoms with Crippen molar-refractivity contribution in [1.82, 2.24) is 0 Å². The first-order chi connectivity index (χ1) is 8.77. The molecule has 2 aromatic rings. The monoisotopic (exact) mass is 272 g/mol. The minimum atomic E-state index is 0.459. The van der Waals surface area contributed by atoms with E-state index in [-0.39, 0.29) is 0 Å². The predicted molar refractivity (Wildman–Crippen MR) is 85.1 cm³/mol. The molecule has 0 aliphatic rings. The summed E-state index contributed by atoms with van der Waals surface area (Å²) in [6.07, 6.45) is 1.68. The Labute approximate surface area is 117 Å². The Bertz CT molecular complexity index is 538. The average molecular weight is 272 g/mol. The molecule has 0 heterocycles. The fourth-order valence-corrected chi connectivity index (χ4v) is 1.77. The number of thiocarbonyl (C=S) groups is 1. The second kappa shape index (κ2) is 6.33. The van der Waals surface area contributed by atoms with Crippen LogP contribution in [-0.4, -0.2) is 10.7 Å². The van der Waals surface area contributed by atoms with Crippen molar-refractivity contribution in [2.24, 2.45) is 4.99 Å². The summed E-state index contributed by atoms with van der Waals surface area (Å²) in [6.45, 7) is 0. The van der Waals surface area contributed by atoms with Gasteiger partial charge in [0.25, 0.3) is 0 Å². The lowest BCUT2D eigenvalue weighted by atomic mass is 10.3. The summed E-state index contributed by atoms with van der Waals surface area (Å²) >= 11 is 9.33. The van der Waals surface area contributed by atoms with Gasteiger partial charge >= 0.3 is 0 Å². The van der Waals surface area contributed by atoms with Crippen LogP contribution in [0.5, 0.6) is 0 Å². The van der Waals surface area contributed by atoms with Crippen LogP contribution in [0, 0.1) is 0 Å². The van der Waals surface area contributed by atoms with Gasteiger partial charge in [0.05, 0.1) is 5.69 Å². The SMILES string of the molecule is S=C(S)N(C=Nc1ccccc1)c1ccccc1. The Morgan fingerprint density at radius 2 is 1.56 bits per heavy atom. The number of rotatable bonds is 3. The molecule has 0 aliphatic heterocycles. The Morgan fingerprint density at radius 3 is 2.11 bits per heavy atom. The molecule has 0 N–H and O–H groups in total. The van der Waals surface area contributed by atoms with E-state index in [0.717, 1.165) is 11.4 Å². The van der Waals surface area contributed by atoms with Crippen molar-refractivity contribution in [3.05, 3.63) is 60.7 Å². The maximum absolute atomic E-state index is 5.11. The van der Waals surface area contributed by atoms with Gasteiger partial charge < -0.3 is 0 Å². The van der Waals surface area contributed by atoms with E-state index in [1.807, 2.05) is 60.7 Å². The molecule has 0 unspecified atom stereocenters. The van der Waals surface area contributed by atoms with E-state index in [1.54, 1.807) is 11.2 Å². The van der Waals surface area contributed by atoms with Gasteiger partial charge in [0.1, 0.15) is 10.7 Å². The molecule has 0 atom stereocenters. The van der Waals surface area contributed by atoms with Crippen LogP contribution >= 0.6 is 24.8 Å². The average Bonchev–Trinajstić information content (AvgIpc) is 2.41. The summed E-state index contributed by atoms with van der Waals surface area (Å²) in [5.74, 6) is 0. The molecule has 0 aliphatic carbocycles. The minimum Gasteiger partial charge on any atom is -0.286 e. The summed E-state index contributed by atoms with van der Waals surface area (Å²) in [5, 5.41) is 0. The topological polar surface area (TPSA) is 15.6 Å². The zero-order valence-corrected chi connectivity index (χ0v) is 11.3. The highest BCUT2D eigenvalue weighted by Gasteiger charge is 2.05. The van der Waals surface area contributed by atoms with Gasteiger partial charge in [-0.05, 0) is 24.3 Å². The third kappa shape index (κ3) is 3.42. The number of aliphatic imine (C=N–C) groups is 1. The molecule has 18 heavy (non-hydrogen) atoms. The van der Waals surface area contributed by atoms with Gasteiger partial charge in [-0.25, -0.2) is 4.99 Å².